The van der Waals surface area contributed by atoms with Crippen LogP contribution < -0.4 is 0 Å². The van der Waals surface area contributed by atoms with Crippen molar-refractivity contribution in [2.45, 2.75) is 63.9 Å². The van der Waals surface area contributed by atoms with Crippen molar-refractivity contribution in [1.82, 2.24) is 19.5 Å². The van der Waals surface area contributed by atoms with Crippen LogP contribution in [0.5, 0.6) is 0 Å². The lowest BCUT2D eigenvalue weighted by Gasteiger charge is -2.23. The fraction of sp³-hybridized carbons (Fsp3) is 0.706. The molecule has 1 saturated heterocycles. The predicted octanol–water partition coefficient (Wildman–Crippen LogP) is 0.797. The molecule has 2 aromatic heterocycles. The van der Waals surface area contributed by atoms with E-state index in [0.717, 1.165) is 24.1 Å². The number of methoxy groups -OCH3 is 1. The maximum Gasteiger partial charge on any atom is 0.178 e. The van der Waals surface area contributed by atoms with E-state index in [1.54, 1.807) is 17.8 Å². The molecule has 3 rings (SSSR count). The molecule has 1 aliphatic rings. The highest BCUT2D eigenvalue weighted by molar-refractivity contribution is 5.73. The SMILES string of the molecule is CCCc1ncnc2c1ncn2C1OC(C(C)O)CC1OC(O)COC. The van der Waals surface area contributed by atoms with Crippen molar-refractivity contribution in [2.24, 2.45) is 0 Å². The molecule has 3 heterocycles. The highest BCUT2D eigenvalue weighted by atomic mass is 16.7. The number of fused-ring (bicyclic) bond motifs is 1. The Morgan fingerprint density at radius 3 is 2.85 bits per heavy atom. The molecule has 2 N–H and O–H groups in total. The van der Waals surface area contributed by atoms with Crippen molar-refractivity contribution >= 4 is 11.2 Å². The normalized spacial score (nSPS) is 25.7. The molecule has 0 amide bonds. The average Bonchev–Trinajstić information content (AvgIpc) is 3.20. The zero-order valence-corrected chi connectivity index (χ0v) is 15.3. The number of nitrogens with zero attached hydrogens (tertiary/aromatic N) is 4. The van der Waals surface area contributed by atoms with Gasteiger partial charge in [0.25, 0.3) is 0 Å². The Kier molecular flexibility index (Phi) is 6.15. The van der Waals surface area contributed by atoms with Crippen LogP contribution in [0.3, 0.4) is 0 Å². The lowest BCUT2D eigenvalue weighted by Crippen LogP contribution is -2.30. The van der Waals surface area contributed by atoms with Gasteiger partial charge in [-0.05, 0) is 13.3 Å². The third kappa shape index (κ3) is 3.86. The van der Waals surface area contributed by atoms with E-state index in [-0.39, 0.29) is 6.61 Å². The maximum absolute atomic E-state index is 9.96. The van der Waals surface area contributed by atoms with E-state index in [1.165, 1.54) is 13.4 Å². The predicted molar refractivity (Wildman–Crippen MR) is 92.3 cm³/mol. The molecule has 0 spiro atoms. The molecular formula is C17H26N4O5. The third-order valence-electron chi connectivity index (χ3n) is 4.47. The van der Waals surface area contributed by atoms with Gasteiger partial charge in [-0.15, -0.1) is 0 Å². The number of ether oxygens (including phenoxy) is 3. The fourth-order valence-electron chi connectivity index (χ4n) is 3.24. The number of hydrogen-bond acceptors (Lipinski definition) is 8. The van der Waals surface area contributed by atoms with Crippen LogP contribution in [0.1, 0.15) is 38.6 Å². The Balaban J connectivity index is 1.91. The molecule has 5 unspecified atom stereocenters. The van der Waals surface area contributed by atoms with Gasteiger partial charge in [0.2, 0.25) is 0 Å². The number of imidazole rings is 1. The van der Waals surface area contributed by atoms with Crippen LogP contribution >= 0.6 is 0 Å². The van der Waals surface area contributed by atoms with Gasteiger partial charge in [0.1, 0.15) is 17.9 Å². The fourth-order valence-corrected chi connectivity index (χ4v) is 3.24. The Morgan fingerprint density at radius 2 is 2.15 bits per heavy atom. The molecule has 26 heavy (non-hydrogen) atoms. The second-order valence-corrected chi connectivity index (χ2v) is 6.52. The van der Waals surface area contributed by atoms with Crippen molar-refractivity contribution in [1.29, 1.82) is 0 Å². The zero-order chi connectivity index (χ0) is 18.7. The van der Waals surface area contributed by atoms with E-state index in [4.69, 9.17) is 14.2 Å². The summed E-state index contributed by atoms with van der Waals surface area (Å²) in [6, 6.07) is 0. The summed E-state index contributed by atoms with van der Waals surface area (Å²) in [5.41, 5.74) is 2.27. The third-order valence-corrected chi connectivity index (χ3v) is 4.47. The van der Waals surface area contributed by atoms with Crippen LogP contribution in [0, 0.1) is 0 Å². The standard InChI is InChI=1S/C17H26N4O5/c1-4-5-11-15-16(19-8-18-11)21(9-20-15)17-13(25-14(23)7-24-3)6-12(26-17)10(2)22/h8-10,12-14,17,22-23H,4-7H2,1-3H3. The lowest BCUT2D eigenvalue weighted by molar-refractivity contribution is -0.183. The van der Waals surface area contributed by atoms with Crippen molar-refractivity contribution in [2.75, 3.05) is 13.7 Å². The number of aliphatic hydroxyl groups is 2. The quantitative estimate of drug-likeness (QED) is 0.660. The Labute approximate surface area is 151 Å². The van der Waals surface area contributed by atoms with Crippen LogP contribution in [0.2, 0.25) is 0 Å². The molecule has 0 aliphatic carbocycles. The largest absolute Gasteiger partial charge is 0.391 e. The summed E-state index contributed by atoms with van der Waals surface area (Å²) in [5.74, 6) is 0. The number of hydrogen-bond donors (Lipinski definition) is 2. The molecule has 0 aromatic carbocycles. The zero-order valence-electron chi connectivity index (χ0n) is 15.3. The summed E-state index contributed by atoms with van der Waals surface area (Å²) in [6.45, 7) is 3.80. The molecule has 9 nitrogen and oxygen atoms in total. The van der Waals surface area contributed by atoms with Crippen LogP contribution in [0.25, 0.3) is 11.2 Å². The second kappa shape index (κ2) is 8.36. The van der Waals surface area contributed by atoms with Crippen molar-refractivity contribution in [3.05, 3.63) is 18.3 Å². The summed E-state index contributed by atoms with van der Waals surface area (Å²) in [5, 5.41) is 19.9. The number of aliphatic hydroxyl groups excluding tert-OH is 2. The van der Waals surface area contributed by atoms with Crippen LogP contribution in [0.4, 0.5) is 0 Å². The molecule has 5 atom stereocenters. The van der Waals surface area contributed by atoms with E-state index in [2.05, 4.69) is 21.9 Å². The van der Waals surface area contributed by atoms with Gasteiger partial charge in [-0.3, -0.25) is 4.57 Å². The Bertz CT molecular complexity index is 722. The van der Waals surface area contributed by atoms with Crippen LogP contribution in [-0.4, -0.2) is 68.1 Å². The molecule has 144 valence electrons. The summed E-state index contributed by atoms with van der Waals surface area (Å²) in [7, 11) is 1.49. The topological polar surface area (TPSA) is 112 Å². The number of rotatable bonds is 8. The molecular weight excluding hydrogens is 340 g/mol. The van der Waals surface area contributed by atoms with Crippen LogP contribution in [-0.2, 0) is 20.6 Å². The van der Waals surface area contributed by atoms with Crippen molar-refractivity contribution in [3.8, 4) is 0 Å². The molecule has 0 bridgehead atoms. The molecule has 0 saturated carbocycles. The van der Waals surface area contributed by atoms with Gasteiger partial charge in [-0.25, -0.2) is 15.0 Å². The van der Waals surface area contributed by atoms with Gasteiger partial charge >= 0.3 is 0 Å². The first-order valence-electron chi connectivity index (χ1n) is 8.87. The smallest absolute Gasteiger partial charge is 0.178 e. The minimum atomic E-state index is -1.08. The first kappa shape index (κ1) is 19.1. The first-order chi connectivity index (χ1) is 12.5. The van der Waals surface area contributed by atoms with Crippen molar-refractivity contribution < 1.29 is 24.4 Å². The highest BCUT2D eigenvalue weighted by Crippen LogP contribution is 2.35. The van der Waals surface area contributed by atoms with E-state index >= 15 is 0 Å². The molecule has 1 aliphatic heterocycles. The van der Waals surface area contributed by atoms with E-state index in [1.807, 2.05) is 0 Å². The molecule has 1 fully saturated rings. The molecule has 9 heteroatoms. The van der Waals surface area contributed by atoms with Gasteiger partial charge in [0.15, 0.2) is 18.2 Å². The molecule has 0 radical (unpaired) electrons. The minimum Gasteiger partial charge on any atom is -0.391 e. The Morgan fingerprint density at radius 1 is 1.35 bits per heavy atom. The number of aromatic nitrogens is 4. The summed E-state index contributed by atoms with van der Waals surface area (Å²) in [4.78, 5) is 13.1. The Hall–Kier alpha value is -1.65. The lowest BCUT2D eigenvalue weighted by atomic mass is 10.1. The summed E-state index contributed by atoms with van der Waals surface area (Å²) >= 11 is 0. The number of aryl methyl sites for hydroxylation is 1. The minimum absolute atomic E-state index is 0.0516. The monoisotopic (exact) mass is 366 g/mol. The van der Waals surface area contributed by atoms with Gasteiger partial charge in [0.05, 0.1) is 30.8 Å². The van der Waals surface area contributed by atoms with Gasteiger partial charge in [0, 0.05) is 13.5 Å². The van der Waals surface area contributed by atoms with Gasteiger partial charge < -0.3 is 24.4 Å². The van der Waals surface area contributed by atoms with Gasteiger partial charge in [-0.2, -0.15) is 0 Å². The average molecular weight is 366 g/mol. The van der Waals surface area contributed by atoms with E-state index in [0.29, 0.717) is 12.1 Å². The van der Waals surface area contributed by atoms with E-state index < -0.39 is 30.8 Å². The highest BCUT2D eigenvalue weighted by Gasteiger charge is 2.41. The van der Waals surface area contributed by atoms with Crippen molar-refractivity contribution in [3.63, 3.8) is 0 Å². The first-order valence-corrected chi connectivity index (χ1v) is 8.87. The van der Waals surface area contributed by atoms with Gasteiger partial charge in [-0.1, -0.05) is 13.3 Å². The molecule has 2 aromatic rings. The summed E-state index contributed by atoms with van der Waals surface area (Å²) < 4.78 is 18.4. The van der Waals surface area contributed by atoms with E-state index in [9.17, 15) is 10.2 Å². The van der Waals surface area contributed by atoms with Crippen LogP contribution in [0.15, 0.2) is 12.7 Å². The maximum atomic E-state index is 9.96. The summed E-state index contributed by atoms with van der Waals surface area (Å²) in [6.07, 6.45) is 2.19. The second-order valence-electron chi connectivity index (χ2n) is 6.52.